The predicted octanol–water partition coefficient (Wildman–Crippen LogP) is -1.06. The summed E-state index contributed by atoms with van der Waals surface area (Å²) < 4.78 is 0. The second-order valence-electron chi connectivity index (χ2n) is 14.8. The van der Waals surface area contributed by atoms with Crippen LogP contribution in [0.5, 0.6) is 0 Å². The summed E-state index contributed by atoms with van der Waals surface area (Å²) in [6.45, 7) is 3.80. The molecule has 4 amide bonds. The molecule has 296 valence electrons. The van der Waals surface area contributed by atoms with E-state index in [0.29, 0.717) is 70.3 Å². The smallest absolute Gasteiger partial charge is 0.317 e. The van der Waals surface area contributed by atoms with E-state index in [0.717, 1.165) is 44.3 Å². The molecule has 0 bridgehead atoms. The van der Waals surface area contributed by atoms with Crippen molar-refractivity contribution in [2.24, 2.45) is 5.92 Å². The molecule has 18 heteroatoms. The fourth-order valence-electron chi connectivity index (χ4n) is 7.88. The van der Waals surface area contributed by atoms with Crippen molar-refractivity contribution >= 4 is 41.5 Å². The van der Waals surface area contributed by atoms with E-state index in [1.165, 1.54) is 0 Å². The minimum atomic E-state index is -0.977. The summed E-state index contributed by atoms with van der Waals surface area (Å²) in [5.74, 6) is -1.20. The highest BCUT2D eigenvalue weighted by atomic mass is 32.2. The van der Waals surface area contributed by atoms with Crippen LogP contribution in [0, 0.1) is 5.92 Å². The second kappa shape index (κ2) is 21.2. The molecule has 3 heterocycles. The summed E-state index contributed by atoms with van der Waals surface area (Å²) in [6, 6.07) is -0.739. The number of nitrogens with zero attached hydrogens (tertiary/aromatic N) is 4. The van der Waals surface area contributed by atoms with E-state index >= 15 is 0 Å². The third-order valence-electron chi connectivity index (χ3n) is 10.9. The van der Waals surface area contributed by atoms with Gasteiger partial charge in [-0.25, -0.2) is 4.79 Å². The Kier molecular flexibility index (Phi) is 17.1. The molecule has 0 aromatic rings. The van der Waals surface area contributed by atoms with Gasteiger partial charge in [-0.1, -0.05) is 6.42 Å². The molecular formula is C34H60N8O9S. The zero-order chi connectivity index (χ0) is 37.6. The van der Waals surface area contributed by atoms with Gasteiger partial charge in [-0.15, -0.1) is 0 Å². The van der Waals surface area contributed by atoms with E-state index in [1.807, 2.05) is 26.5 Å². The maximum absolute atomic E-state index is 13.0. The van der Waals surface area contributed by atoms with E-state index < -0.39 is 18.0 Å². The quantitative estimate of drug-likeness (QED) is 0.0695. The molecule has 0 aromatic heterocycles. The molecule has 4 aliphatic rings. The number of rotatable bonds is 16. The summed E-state index contributed by atoms with van der Waals surface area (Å²) in [5.41, 5.74) is 0. The summed E-state index contributed by atoms with van der Waals surface area (Å²) in [7, 11) is 0. The molecule has 0 spiro atoms. The molecule has 17 nitrogen and oxygen atoms in total. The second-order valence-corrected chi connectivity index (χ2v) is 16.1. The van der Waals surface area contributed by atoms with Crippen molar-refractivity contribution in [3.63, 3.8) is 0 Å². The highest BCUT2D eigenvalue weighted by Gasteiger charge is 2.42. The monoisotopic (exact) mass is 756 g/mol. The van der Waals surface area contributed by atoms with Gasteiger partial charge in [0.2, 0.25) is 11.8 Å². The highest BCUT2D eigenvalue weighted by Crippen LogP contribution is 2.33. The van der Waals surface area contributed by atoms with Crippen LogP contribution in [-0.2, 0) is 19.2 Å². The molecule has 8 N–H and O–H groups in total. The average Bonchev–Trinajstić information content (AvgIpc) is 3.65. The SMILES string of the molecule is CC(NC(=O)CCCCC1SCC2NC(=O)NC21)C(=O)NC1CCC(CC2CN(CC(=O)O)CCN(CO)CCN(CO)CCN2CC(=O)O)CC1. The Morgan fingerprint density at radius 3 is 2.13 bits per heavy atom. The maximum Gasteiger partial charge on any atom is 0.317 e. The van der Waals surface area contributed by atoms with Crippen molar-refractivity contribution in [3.05, 3.63) is 0 Å². The maximum atomic E-state index is 13.0. The fourth-order valence-corrected chi connectivity index (χ4v) is 9.42. The van der Waals surface area contributed by atoms with Crippen LogP contribution < -0.4 is 21.3 Å². The summed E-state index contributed by atoms with van der Waals surface area (Å²) in [4.78, 5) is 68.3. The summed E-state index contributed by atoms with van der Waals surface area (Å²) in [6.07, 6.45) is 6.58. The molecule has 3 saturated heterocycles. The number of fused-ring (bicyclic) bond motifs is 1. The van der Waals surface area contributed by atoms with Crippen molar-refractivity contribution < 1.29 is 44.4 Å². The average molecular weight is 757 g/mol. The van der Waals surface area contributed by atoms with Gasteiger partial charge in [-0.3, -0.25) is 38.8 Å². The van der Waals surface area contributed by atoms with Crippen molar-refractivity contribution in [1.82, 2.24) is 40.9 Å². The normalized spacial score (nSPS) is 29.2. The number of aliphatic hydroxyl groups is 2. The Morgan fingerprint density at radius 2 is 1.50 bits per heavy atom. The number of aliphatic hydroxyl groups excluding tert-OH is 2. The third kappa shape index (κ3) is 13.6. The lowest BCUT2D eigenvalue weighted by Crippen LogP contribution is -2.53. The molecule has 1 aliphatic carbocycles. The van der Waals surface area contributed by atoms with Gasteiger partial charge in [0.15, 0.2) is 0 Å². The van der Waals surface area contributed by atoms with Gasteiger partial charge in [0.1, 0.15) is 6.04 Å². The molecule has 4 fully saturated rings. The molecular weight excluding hydrogens is 696 g/mol. The van der Waals surface area contributed by atoms with Crippen LogP contribution in [0.2, 0.25) is 0 Å². The standard InChI is InChI=1S/C34H60N8O9S/c1-23(35-29(45)5-3-2-4-28-32-27(20-52-28)37-34(51)38-32)33(50)36-25-8-6-24(7-9-25)16-26-17-41(18-30(46)47)13-12-39(21-43)10-11-40(22-44)14-15-42(26)19-31(48)49/h23-28,32,43-44H,2-22H2,1H3,(H,35,45)(H,36,50)(H,46,47)(H,48,49)(H2,37,38,51). The highest BCUT2D eigenvalue weighted by molar-refractivity contribution is 8.00. The predicted molar refractivity (Wildman–Crippen MR) is 194 cm³/mol. The lowest BCUT2D eigenvalue weighted by atomic mass is 9.81. The number of carboxylic acids is 2. The van der Waals surface area contributed by atoms with Gasteiger partial charge < -0.3 is 41.7 Å². The van der Waals surface area contributed by atoms with Crippen molar-refractivity contribution in [2.45, 2.75) is 100 Å². The molecule has 1 saturated carbocycles. The van der Waals surface area contributed by atoms with Gasteiger partial charge in [0, 0.05) is 75.3 Å². The van der Waals surface area contributed by atoms with Crippen LogP contribution >= 0.6 is 11.8 Å². The number of nitrogens with one attached hydrogen (secondary N) is 4. The summed E-state index contributed by atoms with van der Waals surface area (Å²) >= 11 is 1.85. The number of hydrogen-bond acceptors (Lipinski definition) is 12. The van der Waals surface area contributed by atoms with Crippen molar-refractivity contribution in [1.29, 1.82) is 0 Å². The number of hydrogen-bond donors (Lipinski definition) is 8. The number of unbranched alkanes of at least 4 members (excludes halogenated alkanes) is 1. The first-order valence-corrected chi connectivity index (χ1v) is 19.8. The van der Waals surface area contributed by atoms with Gasteiger partial charge in [-0.05, 0) is 57.8 Å². The molecule has 5 atom stereocenters. The Bertz CT molecular complexity index is 1200. The van der Waals surface area contributed by atoms with Crippen LogP contribution in [0.25, 0.3) is 0 Å². The van der Waals surface area contributed by atoms with E-state index in [2.05, 4.69) is 21.3 Å². The number of carbonyl (C=O) groups is 5. The molecule has 5 unspecified atom stereocenters. The van der Waals surface area contributed by atoms with Crippen LogP contribution in [0.1, 0.15) is 64.7 Å². The molecule has 4 rings (SSSR count). The number of urea groups is 1. The zero-order valence-electron chi connectivity index (χ0n) is 30.4. The summed E-state index contributed by atoms with van der Waals surface area (Å²) in [5, 5.41) is 51.4. The molecule has 0 aromatic carbocycles. The number of amides is 4. The lowest BCUT2D eigenvalue weighted by Gasteiger charge is -2.40. The minimum Gasteiger partial charge on any atom is -0.480 e. The van der Waals surface area contributed by atoms with E-state index in [1.54, 1.807) is 11.8 Å². The number of carboxylic acid groups (broad SMARTS) is 2. The lowest BCUT2D eigenvalue weighted by molar-refractivity contribution is -0.141. The Labute approximate surface area is 310 Å². The van der Waals surface area contributed by atoms with Gasteiger partial charge in [0.25, 0.3) is 0 Å². The first kappa shape index (κ1) is 42.0. The van der Waals surface area contributed by atoms with Gasteiger partial charge >= 0.3 is 18.0 Å². The number of carbonyl (C=O) groups excluding carboxylic acids is 3. The van der Waals surface area contributed by atoms with Crippen LogP contribution in [0.15, 0.2) is 0 Å². The number of aliphatic carboxylic acids is 2. The van der Waals surface area contributed by atoms with Crippen molar-refractivity contribution in [3.8, 4) is 0 Å². The van der Waals surface area contributed by atoms with E-state index in [9.17, 15) is 44.4 Å². The van der Waals surface area contributed by atoms with Crippen LogP contribution in [0.4, 0.5) is 4.79 Å². The molecule has 3 aliphatic heterocycles. The van der Waals surface area contributed by atoms with Gasteiger partial charge in [-0.2, -0.15) is 11.8 Å². The molecule has 52 heavy (non-hydrogen) atoms. The third-order valence-corrected chi connectivity index (χ3v) is 12.4. The minimum absolute atomic E-state index is 0.0427. The first-order valence-electron chi connectivity index (χ1n) is 18.8. The zero-order valence-corrected chi connectivity index (χ0v) is 31.2. The first-order chi connectivity index (χ1) is 24.9. The largest absolute Gasteiger partial charge is 0.480 e. The topological polar surface area (TPSA) is 227 Å². The van der Waals surface area contributed by atoms with E-state index in [4.69, 9.17) is 0 Å². The molecule has 0 radical (unpaired) electrons. The number of thioether (sulfide) groups is 1. The van der Waals surface area contributed by atoms with Crippen LogP contribution in [-0.4, -0.2) is 183 Å². The Balaban J connectivity index is 1.24. The van der Waals surface area contributed by atoms with Crippen LogP contribution in [0.3, 0.4) is 0 Å². The Morgan fingerprint density at radius 1 is 0.865 bits per heavy atom. The fraction of sp³-hybridized carbons (Fsp3) is 0.853. The van der Waals surface area contributed by atoms with E-state index in [-0.39, 0.29) is 74.5 Å². The van der Waals surface area contributed by atoms with Crippen molar-refractivity contribution in [2.75, 3.05) is 78.1 Å². The van der Waals surface area contributed by atoms with Gasteiger partial charge in [0.05, 0.1) is 38.6 Å². The Hall–Kier alpha value is -2.74.